The second-order valence-corrected chi connectivity index (χ2v) is 6.71. The predicted molar refractivity (Wildman–Crippen MR) is 106 cm³/mol. The summed E-state index contributed by atoms with van der Waals surface area (Å²) >= 11 is 5.98. The lowest BCUT2D eigenvalue weighted by Gasteiger charge is -2.27. The molecule has 0 amide bonds. The SMILES string of the molecule is CCOC(=O)C1=C(C)Nc2nc(-c3ccc(Cl)cc3)nn2[C@@H]1c1ccncc1. The van der Waals surface area contributed by atoms with Gasteiger partial charge in [0.25, 0.3) is 0 Å². The lowest BCUT2D eigenvalue weighted by molar-refractivity contribution is -0.139. The van der Waals surface area contributed by atoms with Gasteiger partial charge in [-0.05, 0) is 55.8 Å². The van der Waals surface area contributed by atoms with Gasteiger partial charge in [0.1, 0.15) is 6.04 Å². The third kappa shape index (κ3) is 3.25. The highest BCUT2D eigenvalue weighted by atomic mass is 35.5. The number of nitrogens with one attached hydrogen (secondary N) is 1. The Bertz CT molecular complexity index is 1040. The van der Waals surface area contributed by atoms with Crippen molar-refractivity contribution in [3.8, 4) is 11.4 Å². The molecule has 0 aliphatic carbocycles. The van der Waals surface area contributed by atoms with Crippen LogP contribution in [-0.4, -0.2) is 32.3 Å². The molecule has 1 aliphatic rings. The van der Waals surface area contributed by atoms with Gasteiger partial charge in [0.05, 0.1) is 12.2 Å². The fourth-order valence-electron chi connectivity index (χ4n) is 3.20. The Labute approximate surface area is 167 Å². The molecule has 1 atom stereocenters. The summed E-state index contributed by atoms with van der Waals surface area (Å²) in [6.07, 6.45) is 3.37. The third-order valence-corrected chi connectivity index (χ3v) is 4.72. The molecule has 1 aliphatic heterocycles. The number of aromatic nitrogens is 4. The van der Waals surface area contributed by atoms with E-state index in [0.717, 1.165) is 11.1 Å². The van der Waals surface area contributed by atoms with Gasteiger partial charge >= 0.3 is 5.97 Å². The van der Waals surface area contributed by atoms with Gasteiger partial charge < -0.3 is 10.1 Å². The third-order valence-electron chi connectivity index (χ3n) is 4.47. The van der Waals surface area contributed by atoms with E-state index >= 15 is 0 Å². The van der Waals surface area contributed by atoms with E-state index in [1.165, 1.54) is 0 Å². The van der Waals surface area contributed by atoms with Crippen molar-refractivity contribution in [2.75, 3.05) is 11.9 Å². The van der Waals surface area contributed by atoms with Gasteiger partial charge in [0, 0.05) is 28.7 Å². The van der Waals surface area contributed by atoms with Crippen molar-refractivity contribution >= 4 is 23.5 Å². The highest BCUT2D eigenvalue weighted by Crippen LogP contribution is 2.36. The first kappa shape index (κ1) is 18.2. The van der Waals surface area contributed by atoms with Gasteiger partial charge in [-0.25, -0.2) is 9.48 Å². The number of hydrogen-bond donors (Lipinski definition) is 1. The average molecular weight is 396 g/mol. The van der Waals surface area contributed by atoms with E-state index in [0.29, 0.717) is 34.7 Å². The van der Waals surface area contributed by atoms with Crippen LogP contribution in [0.3, 0.4) is 0 Å². The van der Waals surface area contributed by atoms with Crippen molar-refractivity contribution in [2.24, 2.45) is 0 Å². The van der Waals surface area contributed by atoms with E-state index in [1.807, 2.05) is 31.2 Å². The minimum atomic E-state index is -0.466. The molecule has 0 saturated heterocycles. The molecule has 0 saturated carbocycles. The maximum absolute atomic E-state index is 12.7. The zero-order valence-electron chi connectivity index (χ0n) is 15.4. The number of benzene rings is 1. The van der Waals surface area contributed by atoms with Crippen LogP contribution in [0.4, 0.5) is 5.95 Å². The number of nitrogens with zero attached hydrogens (tertiary/aromatic N) is 4. The second-order valence-electron chi connectivity index (χ2n) is 6.28. The van der Waals surface area contributed by atoms with Crippen LogP contribution >= 0.6 is 11.6 Å². The first-order chi connectivity index (χ1) is 13.6. The molecule has 3 heterocycles. The van der Waals surface area contributed by atoms with Crippen molar-refractivity contribution in [2.45, 2.75) is 19.9 Å². The minimum absolute atomic E-state index is 0.291. The van der Waals surface area contributed by atoms with E-state index in [9.17, 15) is 4.79 Å². The van der Waals surface area contributed by atoms with Crippen LogP contribution in [0.1, 0.15) is 25.5 Å². The van der Waals surface area contributed by atoms with Gasteiger partial charge in [-0.1, -0.05) is 11.6 Å². The maximum Gasteiger partial charge on any atom is 0.338 e. The molecule has 3 aromatic rings. The molecule has 7 nitrogen and oxygen atoms in total. The van der Waals surface area contributed by atoms with Gasteiger partial charge in [0.2, 0.25) is 5.95 Å². The number of hydrogen-bond acceptors (Lipinski definition) is 6. The molecule has 8 heteroatoms. The quantitative estimate of drug-likeness (QED) is 0.676. The second kappa shape index (κ2) is 7.44. The fraction of sp³-hybridized carbons (Fsp3) is 0.200. The summed E-state index contributed by atoms with van der Waals surface area (Å²) in [7, 11) is 0. The molecule has 2 aromatic heterocycles. The first-order valence-electron chi connectivity index (χ1n) is 8.85. The van der Waals surface area contributed by atoms with Crippen molar-refractivity contribution in [1.29, 1.82) is 0 Å². The summed E-state index contributed by atoms with van der Waals surface area (Å²) in [5.41, 5.74) is 2.88. The predicted octanol–water partition coefficient (Wildman–Crippen LogP) is 3.85. The average Bonchev–Trinajstić information content (AvgIpc) is 3.11. The number of rotatable bonds is 4. The summed E-state index contributed by atoms with van der Waals surface area (Å²) in [6.45, 7) is 3.91. The molecule has 0 unspecified atom stereocenters. The normalized spacial score (nSPS) is 15.8. The Morgan fingerprint density at radius 1 is 1.21 bits per heavy atom. The number of ether oxygens (including phenoxy) is 1. The van der Waals surface area contributed by atoms with E-state index < -0.39 is 6.04 Å². The van der Waals surface area contributed by atoms with Crippen LogP contribution in [0.5, 0.6) is 0 Å². The van der Waals surface area contributed by atoms with Crippen LogP contribution in [0.2, 0.25) is 5.02 Å². The van der Waals surface area contributed by atoms with Crippen LogP contribution in [0.15, 0.2) is 60.1 Å². The molecule has 0 bridgehead atoms. The summed E-state index contributed by atoms with van der Waals surface area (Å²) < 4.78 is 7.00. The standard InChI is InChI=1S/C20H18ClN5O2/c1-3-28-19(27)16-12(2)23-20-24-18(14-4-6-15(21)7-5-14)25-26(20)17(16)13-8-10-22-11-9-13/h4-11,17H,3H2,1-2H3,(H,23,24,25)/t17-/m1/s1. The van der Waals surface area contributed by atoms with E-state index in [1.54, 1.807) is 36.1 Å². The smallest absolute Gasteiger partial charge is 0.338 e. The monoisotopic (exact) mass is 395 g/mol. The van der Waals surface area contributed by atoms with Crippen molar-refractivity contribution in [3.05, 3.63) is 70.6 Å². The summed E-state index contributed by atoms with van der Waals surface area (Å²) in [6, 6.07) is 10.5. The molecule has 4 rings (SSSR count). The van der Waals surface area contributed by atoms with Crippen LogP contribution in [0.25, 0.3) is 11.4 Å². The Hall–Kier alpha value is -3.19. The Morgan fingerprint density at radius 2 is 1.93 bits per heavy atom. The molecule has 0 spiro atoms. The Balaban J connectivity index is 1.84. The number of allylic oxidation sites excluding steroid dienone is 1. The van der Waals surface area contributed by atoms with Gasteiger partial charge in [-0.2, -0.15) is 4.98 Å². The van der Waals surface area contributed by atoms with Crippen LogP contribution in [0, 0.1) is 0 Å². The highest BCUT2D eigenvalue weighted by Gasteiger charge is 2.35. The highest BCUT2D eigenvalue weighted by molar-refractivity contribution is 6.30. The number of pyridine rings is 1. The lowest BCUT2D eigenvalue weighted by Crippen LogP contribution is -2.29. The molecule has 142 valence electrons. The summed E-state index contributed by atoms with van der Waals surface area (Å²) in [4.78, 5) is 21.4. The molecular formula is C20H18ClN5O2. The van der Waals surface area contributed by atoms with Crippen molar-refractivity contribution in [3.63, 3.8) is 0 Å². The van der Waals surface area contributed by atoms with Crippen molar-refractivity contribution in [1.82, 2.24) is 19.7 Å². The fourth-order valence-corrected chi connectivity index (χ4v) is 3.33. The summed E-state index contributed by atoms with van der Waals surface area (Å²) in [5.74, 6) is 0.706. The van der Waals surface area contributed by atoms with Gasteiger partial charge in [0.15, 0.2) is 5.82 Å². The molecule has 0 radical (unpaired) electrons. The number of halogens is 1. The summed E-state index contributed by atoms with van der Waals surface area (Å²) in [5, 5.41) is 8.49. The van der Waals surface area contributed by atoms with E-state index in [2.05, 4.69) is 20.4 Å². The van der Waals surface area contributed by atoms with Gasteiger partial charge in [-0.3, -0.25) is 4.98 Å². The zero-order valence-corrected chi connectivity index (χ0v) is 16.1. The van der Waals surface area contributed by atoms with E-state index in [4.69, 9.17) is 16.3 Å². The molecular weight excluding hydrogens is 378 g/mol. The molecule has 1 N–H and O–H groups in total. The van der Waals surface area contributed by atoms with Gasteiger partial charge in [-0.15, -0.1) is 5.10 Å². The van der Waals surface area contributed by atoms with E-state index in [-0.39, 0.29) is 5.97 Å². The number of carbonyl (C=O) groups excluding carboxylic acids is 1. The number of esters is 1. The largest absolute Gasteiger partial charge is 0.463 e. The number of fused-ring (bicyclic) bond motifs is 1. The number of anilines is 1. The minimum Gasteiger partial charge on any atom is -0.463 e. The van der Waals surface area contributed by atoms with Crippen LogP contribution < -0.4 is 5.32 Å². The Morgan fingerprint density at radius 3 is 2.61 bits per heavy atom. The lowest BCUT2D eigenvalue weighted by atomic mass is 9.97. The van der Waals surface area contributed by atoms with Crippen molar-refractivity contribution < 1.29 is 9.53 Å². The molecule has 28 heavy (non-hydrogen) atoms. The first-order valence-corrected chi connectivity index (χ1v) is 9.23. The topological polar surface area (TPSA) is 81.9 Å². The maximum atomic E-state index is 12.7. The Kier molecular flexibility index (Phi) is 4.83. The molecule has 1 aromatic carbocycles. The zero-order chi connectivity index (χ0) is 19.7. The molecule has 0 fully saturated rings. The number of carbonyl (C=O) groups is 1. The van der Waals surface area contributed by atoms with Crippen LogP contribution in [-0.2, 0) is 9.53 Å².